The fraction of sp³-hybridized carbons (Fsp3) is 0.857. The molecule has 18 heavy (non-hydrogen) atoms. The summed E-state index contributed by atoms with van der Waals surface area (Å²) in [4.78, 5) is 4.55. The monoisotopic (exact) mass is 263 g/mol. The van der Waals surface area contributed by atoms with Crippen LogP contribution in [0.2, 0.25) is 0 Å². The summed E-state index contributed by atoms with van der Waals surface area (Å²) in [6.07, 6.45) is 8.21. The van der Waals surface area contributed by atoms with Crippen LogP contribution >= 0.6 is 11.5 Å². The zero-order valence-electron chi connectivity index (χ0n) is 11.2. The van der Waals surface area contributed by atoms with Gasteiger partial charge in [0.15, 0.2) is 0 Å². The van der Waals surface area contributed by atoms with E-state index in [1.807, 2.05) is 0 Å². The first-order chi connectivity index (χ1) is 8.41. The smallest absolute Gasteiger partial charge is 0.232 e. The third-order valence-corrected chi connectivity index (χ3v) is 6.50. The Balaban J connectivity index is 1.82. The Morgan fingerprint density at radius 1 is 1.11 bits per heavy atom. The Labute approximate surface area is 112 Å². The molecule has 0 aliphatic heterocycles. The highest BCUT2D eigenvalue weighted by molar-refractivity contribution is 7.05. The molecule has 4 fully saturated rings. The topological polar surface area (TPSA) is 51.8 Å². The molecule has 4 saturated carbocycles. The van der Waals surface area contributed by atoms with Crippen LogP contribution in [0.3, 0.4) is 0 Å². The van der Waals surface area contributed by atoms with E-state index >= 15 is 0 Å². The zero-order chi connectivity index (χ0) is 12.6. The lowest BCUT2D eigenvalue weighted by Gasteiger charge is -2.64. The van der Waals surface area contributed by atoms with Gasteiger partial charge in [-0.15, -0.1) is 0 Å². The maximum atomic E-state index is 5.75. The number of aromatic nitrogens is 2. The van der Waals surface area contributed by atoms with E-state index in [-0.39, 0.29) is 0 Å². The van der Waals surface area contributed by atoms with E-state index in [2.05, 4.69) is 23.2 Å². The highest BCUT2D eigenvalue weighted by Crippen LogP contribution is 2.69. The van der Waals surface area contributed by atoms with Crippen molar-refractivity contribution in [2.75, 3.05) is 5.73 Å². The Hall–Kier alpha value is -0.640. The van der Waals surface area contributed by atoms with Crippen LogP contribution in [-0.4, -0.2) is 9.36 Å². The van der Waals surface area contributed by atoms with Gasteiger partial charge in [-0.25, -0.2) is 4.98 Å². The summed E-state index contributed by atoms with van der Waals surface area (Å²) in [7, 11) is 0. The summed E-state index contributed by atoms with van der Waals surface area (Å²) in [6, 6.07) is 0. The van der Waals surface area contributed by atoms with Crippen molar-refractivity contribution in [3.63, 3.8) is 0 Å². The van der Waals surface area contributed by atoms with Crippen molar-refractivity contribution in [1.82, 2.24) is 9.36 Å². The highest BCUT2D eigenvalue weighted by Gasteiger charge is 2.61. The molecule has 0 saturated heterocycles. The fourth-order valence-electron chi connectivity index (χ4n) is 6.14. The SMILES string of the molecule is CC12CC3CC(C)(C1)CC(c1nc(N)ns1)(C3)C2. The predicted molar refractivity (Wildman–Crippen MR) is 73.4 cm³/mol. The van der Waals surface area contributed by atoms with Gasteiger partial charge in [0, 0.05) is 5.41 Å². The van der Waals surface area contributed by atoms with E-state index in [0.717, 1.165) is 5.92 Å². The van der Waals surface area contributed by atoms with E-state index < -0.39 is 0 Å². The molecule has 2 N–H and O–H groups in total. The third kappa shape index (κ3) is 1.41. The van der Waals surface area contributed by atoms with Gasteiger partial charge in [0.1, 0.15) is 5.01 Å². The molecular weight excluding hydrogens is 242 g/mol. The van der Waals surface area contributed by atoms with Gasteiger partial charge in [0.25, 0.3) is 0 Å². The van der Waals surface area contributed by atoms with Crippen LogP contribution in [-0.2, 0) is 5.41 Å². The van der Waals surface area contributed by atoms with Crippen LogP contribution in [0.25, 0.3) is 0 Å². The lowest BCUT2D eigenvalue weighted by atomic mass is 9.40. The van der Waals surface area contributed by atoms with E-state index in [9.17, 15) is 0 Å². The van der Waals surface area contributed by atoms with Gasteiger partial charge < -0.3 is 5.73 Å². The van der Waals surface area contributed by atoms with Crippen molar-refractivity contribution in [2.24, 2.45) is 16.7 Å². The van der Waals surface area contributed by atoms with Crippen molar-refractivity contribution in [3.05, 3.63) is 5.01 Å². The second kappa shape index (κ2) is 3.09. The summed E-state index contributed by atoms with van der Waals surface area (Å²) >= 11 is 1.55. The fourth-order valence-corrected chi connectivity index (χ4v) is 6.91. The van der Waals surface area contributed by atoms with Crippen LogP contribution in [0.5, 0.6) is 0 Å². The standard InChI is InChI=1S/C14H21N3S/c1-12-3-9-4-13(2,6-12)8-14(5-9,7-12)10-16-11(15)17-18-10/h9H,3-8H2,1-2H3,(H2,15,17). The molecule has 0 spiro atoms. The summed E-state index contributed by atoms with van der Waals surface area (Å²) in [5.41, 5.74) is 7.13. The molecule has 0 aromatic carbocycles. The second-order valence-corrected chi connectivity index (χ2v) is 8.62. The Morgan fingerprint density at radius 2 is 1.78 bits per heavy atom. The molecule has 4 aliphatic carbocycles. The van der Waals surface area contributed by atoms with Gasteiger partial charge in [-0.3, -0.25) is 0 Å². The molecule has 98 valence electrons. The first-order valence-electron chi connectivity index (χ1n) is 7.00. The normalized spacial score (nSPS) is 49.8. The largest absolute Gasteiger partial charge is 0.367 e. The maximum absolute atomic E-state index is 5.75. The van der Waals surface area contributed by atoms with Crippen LogP contribution in [0.1, 0.15) is 57.4 Å². The summed E-state index contributed by atoms with van der Waals surface area (Å²) in [6.45, 7) is 4.99. The summed E-state index contributed by atoms with van der Waals surface area (Å²) < 4.78 is 4.23. The lowest BCUT2D eigenvalue weighted by Crippen LogP contribution is -2.56. The Kier molecular flexibility index (Phi) is 1.92. The molecule has 4 bridgehead atoms. The first-order valence-corrected chi connectivity index (χ1v) is 7.78. The van der Waals surface area contributed by atoms with E-state index in [1.165, 1.54) is 43.5 Å². The van der Waals surface area contributed by atoms with E-state index in [1.54, 1.807) is 11.5 Å². The van der Waals surface area contributed by atoms with Crippen molar-refractivity contribution in [3.8, 4) is 0 Å². The molecule has 1 aromatic rings. The highest BCUT2D eigenvalue weighted by atomic mass is 32.1. The van der Waals surface area contributed by atoms with Crippen molar-refractivity contribution < 1.29 is 0 Å². The van der Waals surface area contributed by atoms with E-state index in [4.69, 9.17) is 5.73 Å². The predicted octanol–water partition coefficient (Wildman–Crippen LogP) is 3.37. The van der Waals surface area contributed by atoms with Crippen LogP contribution in [0, 0.1) is 16.7 Å². The maximum Gasteiger partial charge on any atom is 0.232 e. The number of hydrogen-bond donors (Lipinski definition) is 1. The Bertz CT molecular complexity index is 491. The molecule has 4 aliphatic rings. The van der Waals surface area contributed by atoms with Crippen LogP contribution < -0.4 is 5.73 Å². The minimum Gasteiger partial charge on any atom is -0.367 e. The van der Waals surface area contributed by atoms with Gasteiger partial charge in [0.05, 0.1) is 0 Å². The third-order valence-electron chi connectivity index (χ3n) is 5.52. The first kappa shape index (κ1) is 11.2. The number of anilines is 1. The number of hydrogen-bond acceptors (Lipinski definition) is 4. The van der Waals surface area contributed by atoms with Gasteiger partial charge >= 0.3 is 0 Å². The molecular formula is C14H21N3S. The molecule has 0 amide bonds. The van der Waals surface area contributed by atoms with Crippen molar-refractivity contribution >= 4 is 17.5 Å². The number of nitrogens with zero attached hydrogens (tertiary/aromatic N) is 2. The zero-order valence-corrected chi connectivity index (χ0v) is 12.0. The molecule has 0 radical (unpaired) electrons. The molecule has 1 heterocycles. The van der Waals surface area contributed by atoms with E-state index in [0.29, 0.717) is 22.2 Å². The Morgan fingerprint density at radius 3 is 2.28 bits per heavy atom. The molecule has 3 nitrogen and oxygen atoms in total. The lowest BCUT2D eigenvalue weighted by molar-refractivity contribution is -0.109. The van der Waals surface area contributed by atoms with Gasteiger partial charge in [-0.05, 0) is 66.8 Å². The molecule has 1 aromatic heterocycles. The number of nitrogen functional groups attached to an aromatic ring is 1. The van der Waals surface area contributed by atoms with Gasteiger partial charge in [-0.2, -0.15) is 4.37 Å². The summed E-state index contributed by atoms with van der Waals surface area (Å²) in [5, 5.41) is 1.22. The molecule has 2 atom stereocenters. The van der Waals surface area contributed by atoms with Crippen LogP contribution in [0.4, 0.5) is 5.95 Å². The second-order valence-electron chi connectivity index (χ2n) is 7.87. The van der Waals surface area contributed by atoms with Gasteiger partial charge in [-0.1, -0.05) is 13.8 Å². The summed E-state index contributed by atoms with van der Waals surface area (Å²) in [5.74, 6) is 1.38. The minimum absolute atomic E-state index is 0.304. The van der Waals surface area contributed by atoms with Crippen LogP contribution in [0.15, 0.2) is 0 Å². The quantitative estimate of drug-likeness (QED) is 0.845. The molecule has 2 unspecified atom stereocenters. The van der Waals surface area contributed by atoms with Crippen molar-refractivity contribution in [1.29, 1.82) is 0 Å². The molecule has 4 heteroatoms. The minimum atomic E-state index is 0.304. The average Bonchev–Trinajstić information content (AvgIpc) is 2.59. The average molecular weight is 263 g/mol. The van der Waals surface area contributed by atoms with Crippen molar-refractivity contribution in [2.45, 2.75) is 57.8 Å². The number of rotatable bonds is 1. The molecule has 5 rings (SSSR count). The number of nitrogens with two attached hydrogens (primary N) is 1. The van der Waals surface area contributed by atoms with Gasteiger partial charge in [0.2, 0.25) is 5.95 Å².